The van der Waals surface area contributed by atoms with Crippen molar-refractivity contribution in [1.29, 1.82) is 0 Å². The first-order chi connectivity index (χ1) is 9.63. The van der Waals surface area contributed by atoms with E-state index in [-0.39, 0.29) is 17.4 Å². The van der Waals surface area contributed by atoms with Crippen molar-refractivity contribution in [2.45, 2.75) is 24.9 Å². The first-order valence-corrected chi connectivity index (χ1v) is 7.55. The number of hydrogen-bond acceptors (Lipinski definition) is 7. The molecule has 2 aromatic heterocycles. The summed E-state index contributed by atoms with van der Waals surface area (Å²) >= 11 is 0. The first-order valence-electron chi connectivity index (χ1n) is 6.07. The highest BCUT2D eigenvalue weighted by atomic mass is 32.2. The Balaban J connectivity index is 2.16. The third-order valence-corrected chi connectivity index (χ3v) is 3.78. The Hall–Kier alpha value is -2.00. The molecule has 0 saturated heterocycles. The lowest BCUT2D eigenvalue weighted by atomic mass is 10.4. The average molecular weight is 297 g/mol. The highest BCUT2D eigenvalue weighted by molar-refractivity contribution is 7.89. The molecule has 0 aliphatic rings. The molecule has 9 heteroatoms. The molecule has 2 rings (SSSR count). The van der Waals surface area contributed by atoms with Crippen LogP contribution < -0.4 is 10.0 Å². The summed E-state index contributed by atoms with van der Waals surface area (Å²) in [5.41, 5.74) is 0.468. The maximum atomic E-state index is 12.2. The van der Waals surface area contributed by atoms with E-state index < -0.39 is 10.0 Å². The zero-order valence-electron chi connectivity index (χ0n) is 10.9. The Morgan fingerprint density at radius 2 is 2.20 bits per heavy atom. The summed E-state index contributed by atoms with van der Waals surface area (Å²) in [6, 6.07) is 3.35. The molecule has 0 fully saturated rings. The highest BCUT2D eigenvalue weighted by Crippen LogP contribution is 2.17. The summed E-state index contributed by atoms with van der Waals surface area (Å²) in [5.74, 6) is 0.257. The topological polar surface area (TPSA) is 110 Å². The first kappa shape index (κ1) is 14.4. The van der Waals surface area contributed by atoms with Crippen LogP contribution in [-0.4, -0.2) is 30.1 Å². The molecule has 0 aliphatic carbocycles. The zero-order chi connectivity index (χ0) is 14.4. The van der Waals surface area contributed by atoms with E-state index in [1.54, 1.807) is 12.1 Å². The van der Waals surface area contributed by atoms with Crippen molar-refractivity contribution in [3.63, 3.8) is 0 Å². The molecule has 2 N–H and O–H groups in total. The second-order valence-electron chi connectivity index (χ2n) is 3.95. The van der Waals surface area contributed by atoms with E-state index in [4.69, 9.17) is 0 Å². The van der Waals surface area contributed by atoms with Crippen molar-refractivity contribution in [2.75, 3.05) is 11.9 Å². The van der Waals surface area contributed by atoms with Gasteiger partial charge in [-0.05, 0) is 18.6 Å². The van der Waals surface area contributed by atoms with Crippen molar-refractivity contribution in [2.24, 2.45) is 0 Å². The van der Waals surface area contributed by atoms with Crippen molar-refractivity contribution < 1.29 is 12.9 Å². The number of rotatable bonds is 7. The largest absolute Gasteiger partial charge is 0.383 e. The van der Waals surface area contributed by atoms with E-state index in [0.29, 0.717) is 12.2 Å². The van der Waals surface area contributed by atoms with Gasteiger partial charge in [-0.2, -0.15) is 4.98 Å². The monoisotopic (exact) mass is 297 g/mol. The Labute approximate surface area is 116 Å². The van der Waals surface area contributed by atoms with E-state index in [2.05, 4.69) is 29.7 Å². The van der Waals surface area contributed by atoms with Gasteiger partial charge in [0.2, 0.25) is 6.39 Å². The Kier molecular flexibility index (Phi) is 4.64. The molecule has 108 valence electrons. The van der Waals surface area contributed by atoms with Gasteiger partial charge in [-0.1, -0.05) is 12.1 Å². The van der Waals surface area contributed by atoms with Gasteiger partial charge in [0, 0.05) is 12.7 Å². The molecule has 0 radical (unpaired) electrons. The number of anilines is 1. The fraction of sp³-hybridized carbons (Fsp3) is 0.364. The fourth-order valence-corrected chi connectivity index (χ4v) is 2.58. The van der Waals surface area contributed by atoms with Crippen LogP contribution in [0.15, 0.2) is 34.3 Å². The number of nitrogens with zero attached hydrogens (tertiary/aromatic N) is 3. The molecule has 0 aliphatic heterocycles. The van der Waals surface area contributed by atoms with Crippen LogP contribution >= 0.6 is 0 Å². The summed E-state index contributed by atoms with van der Waals surface area (Å²) in [6.45, 7) is 2.60. The smallest absolute Gasteiger partial charge is 0.260 e. The summed E-state index contributed by atoms with van der Waals surface area (Å²) in [5, 5.41) is 6.52. The number of nitrogens with one attached hydrogen (secondary N) is 2. The van der Waals surface area contributed by atoms with E-state index in [9.17, 15) is 8.42 Å². The summed E-state index contributed by atoms with van der Waals surface area (Å²) < 4.78 is 31.3. The molecular weight excluding hydrogens is 282 g/mol. The van der Waals surface area contributed by atoms with Crippen molar-refractivity contribution in [3.8, 4) is 0 Å². The SMILES string of the molecule is CCCNc1cccnc1S(=O)(=O)NCc1ncon1. The van der Waals surface area contributed by atoms with Gasteiger partial charge in [-0.15, -0.1) is 0 Å². The second kappa shape index (κ2) is 6.44. The number of aromatic nitrogens is 3. The van der Waals surface area contributed by atoms with Gasteiger partial charge >= 0.3 is 0 Å². The predicted molar refractivity (Wildman–Crippen MR) is 71.3 cm³/mol. The molecule has 0 unspecified atom stereocenters. The summed E-state index contributed by atoms with van der Waals surface area (Å²) in [4.78, 5) is 7.67. The van der Waals surface area contributed by atoms with Crippen LogP contribution in [0.25, 0.3) is 0 Å². The number of sulfonamides is 1. The van der Waals surface area contributed by atoms with Crippen LogP contribution in [0.4, 0.5) is 5.69 Å². The minimum Gasteiger partial charge on any atom is -0.383 e. The molecule has 0 amide bonds. The van der Waals surface area contributed by atoms with Crippen LogP contribution in [0.2, 0.25) is 0 Å². The molecule has 0 saturated carbocycles. The molecule has 2 heterocycles. The van der Waals surface area contributed by atoms with Gasteiger partial charge in [0.15, 0.2) is 10.9 Å². The van der Waals surface area contributed by atoms with Crippen LogP contribution in [-0.2, 0) is 16.6 Å². The lowest BCUT2D eigenvalue weighted by Gasteiger charge is -2.10. The molecule has 0 bridgehead atoms. The van der Waals surface area contributed by atoms with E-state index in [1.807, 2.05) is 6.92 Å². The minimum atomic E-state index is -3.74. The van der Waals surface area contributed by atoms with E-state index in [1.165, 1.54) is 6.20 Å². The lowest BCUT2D eigenvalue weighted by Crippen LogP contribution is -2.25. The maximum absolute atomic E-state index is 12.2. The third-order valence-electron chi connectivity index (χ3n) is 2.42. The molecule has 20 heavy (non-hydrogen) atoms. The van der Waals surface area contributed by atoms with Gasteiger partial charge < -0.3 is 9.84 Å². The summed E-state index contributed by atoms with van der Waals surface area (Å²) in [6.07, 6.45) is 3.45. The predicted octanol–water partition coefficient (Wildman–Crippen LogP) is 0.765. The van der Waals surface area contributed by atoms with Crippen molar-refractivity contribution in [1.82, 2.24) is 19.8 Å². The maximum Gasteiger partial charge on any atom is 0.260 e. The van der Waals surface area contributed by atoms with Crippen LogP contribution in [0.3, 0.4) is 0 Å². The van der Waals surface area contributed by atoms with Crippen LogP contribution in [0.1, 0.15) is 19.2 Å². The zero-order valence-corrected chi connectivity index (χ0v) is 11.7. The van der Waals surface area contributed by atoms with Crippen molar-refractivity contribution >= 4 is 15.7 Å². The standard InChI is InChI=1S/C11H15N5O3S/c1-2-5-12-9-4-3-6-13-11(9)20(17,18)15-7-10-14-8-19-16-10/h3-4,6,8,12,15H,2,5,7H2,1H3. The summed E-state index contributed by atoms with van der Waals surface area (Å²) in [7, 11) is -3.74. The lowest BCUT2D eigenvalue weighted by molar-refractivity contribution is 0.409. The highest BCUT2D eigenvalue weighted by Gasteiger charge is 2.20. The van der Waals surface area contributed by atoms with Crippen LogP contribution in [0.5, 0.6) is 0 Å². The fourth-order valence-electron chi connectivity index (χ4n) is 1.50. The molecule has 0 aromatic carbocycles. The molecule has 8 nitrogen and oxygen atoms in total. The number of pyridine rings is 1. The molecule has 0 atom stereocenters. The Morgan fingerprint density at radius 3 is 2.90 bits per heavy atom. The molecular formula is C11H15N5O3S. The van der Waals surface area contributed by atoms with Crippen LogP contribution in [0, 0.1) is 0 Å². The second-order valence-corrected chi connectivity index (χ2v) is 5.64. The Bertz CT molecular complexity index is 642. The van der Waals surface area contributed by atoms with Gasteiger partial charge in [0.05, 0.1) is 12.2 Å². The quantitative estimate of drug-likeness (QED) is 0.776. The van der Waals surface area contributed by atoms with Gasteiger partial charge in [-0.25, -0.2) is 18.1 Å². The minimum absolute atomic E-state index is 0.0445. The van der Waals surface area contributed by atoms with E-state index >= 15 is 0 Å². The molecule has 2 aromatic rings. The van der Waals surface area contributed by atoms with Gasteiger partial charge in [0.25, 0.3) is 10.0 Å². The van der Waals surface area contributed by atoms with Gasteiger partial charge in [-0.3, -0.25) is 0 Å². The average Bonchev–Trinajstić information content (AvgIpc) is 2.97. The normalized spacial score (nSPS) is 11.4. The van der Waals surface area contributed by atoms with Crippen molar-refractivity contribution in [3.05, 3.63) is 30.5 Å². The van der Waals surface area contributed by atoms with E-state index in [0.717, 1.165) is 12.8 Å². The number of hydrogen-bond donors (Lipinski definition) is 2. The molecule has 0 spiro atoms. The third kappa shape index (κ3) is 3.52. The Morgan fingerprint density at radius 1 is 1.35 bits per heavy atom. The van der Waals surface area contributed by atoms with Gasteiger partial charge in [0.1, 0.15) is 0 Å².